The fourth-order valence-corrected chi connectivity index (χ4v) is 5.03. The van der Waals surface area contributed by atoms with Crippen LogP contribution in [0.15, 0.2) is 77.3 Å². The molecule has 0 spiro atoms. The van der Waals surface area contributed by atoms with Gasteiger partial charge < -0.3 is 24.1 Å². The van der Waals surface area contributed by atoms with Gasteiger partial charge in [0.1, 0.15) is 30.9 Å². The molecule has 0 saturated heterocycles. The normalized spacial score (nSPS) is 11.4. The van der Waals surface area contributed by atoms with Gasteiger partial charge in [0.2, 0.25) is 0 Å². The minimum Gasteiger partial charge on any atom is -0.493 e. The fourth-order valence-electron chi connectivity index (χ4n) is 4.18. The molecule has 7 nitrogen and oxygen atoms in total. The third-order valence-corrected chi connectivity index (χ3v) is 7.54. The van der Waals surface area contributed by atoms with E-state index in [1.54, 1.807) is 45.4 Å². The summed E-state index contributed by atoms with van der Waals surface area (Å²) in [6.45, 7) is 2.47. The number of ether oxygens (including phenoxy) is 4. The van der Waals surface area contributed by atoms with Crippen LogP contribution in [0.2, 0.25) is 5.02 Å². The van der Waals surface area contributed by atoms with Crippen molar-refractivity contribution in [1.82, 2.24) is 5.32 Å². The van der Waals surface area contributed by atoms with Crippen LogP contribution < -0.4 is 24.3 Å². The summed E-state index contributed by atoms with van der Waals surface area (Å²) in [5, 5.41) is 22.3. The Bertz CT molecular complexity index is 1550. The van der Waals surface area contributed by atoms with Gasteiger partial charge >= 0.3 is 0 Å². The minimum absolute atomic E-state index is 0.246. The maximum absolute atomic E-state index is 9.73. The summed E-state index contributed by atoms with van der Waals surface area (Å²) >= 11 is 10.4. The number of halogens is 2. The summed E-state index contributed by atoms with van der Waals surface area (Å²) in [7, 11) is 3.22. The highest BCUT2D eigenvalue weighted by Gasteiger charge is 2.15. The molecule has 0 saturated carbocycles. The van der Waals surface area contributed by atoms with Crippen molar-refractivity contribution in [2.24, 2.45) is 0 Å². The van der Waals surface area contributed by atoms with Gasteiger partial charge in [-0.3, -0.25) is 5.32 Å². The van der Waals surface area contributed by atoms with E-state index in [1.165, 1.54) is 0 Å². The number of nitriles is 1. The Morgan fingerprint density at radius 1 is 0.878 bits per heavy atom. The van der Waals surface area contributed by atoms with Gasteiger partial charge in [0.25, 0.3) is 0 Å². The predicted octanol–water partition coefficient (Wildman–Crippen LogP) is 7.24. The number of hydrogen-bond donors (Lipinski definition) is 2. The van der Waals surface area contributed by atoms with E-state index in [0.717, 1.165) is 32.3 Å². The van der Waals surface area contributed by atoms with Gasteiger partial charge in [-0.2, -0.15) is 5.26 Å². The number of nitrogens with one attached hydrogen (secondary N) is 1. The average Bonchev–Trinajstić information content (AvgIpc) is 2.99. The van der Waals surface area contributed by atoms with Crippen molar-refractivity contribution >= 4 is 27.5 Å². The number of aliphatic hydroxyl groups excluding tert-OH is 1. The van der Waals surface area contributed by atoms with Gasteiger partial charge in [-0.05, 0) is 69.9 Å². The molecular formula is C32H30BrClN2O5. The molecule has 0 aliphatic carbocycles. The van der Waals surface area contributed by atoms with Gasteiger partial charge in [-0.1, -0.05) is 48.0 Å². The zero-order chi connectivity index (χ0) is 29.4. The van der Waals surface area contributed by atoms with Gasteiger partial charge in [0.05, 0.1) is 30.9 Å². The number of methoxy groups -OCH3 is 2. The highest BCUT2D eigenvalue weighted by molar-refractivity contribution is 9.10. The second kappa shape index (κ2) is 14.2. The lowest BCUT2D eigenvalue weighted by molar-refractivity contribution is 0.154. The van der Waals surface area contributed by atoms with E-state index >= 15 is 0 Å². The molecule has 2 N–H and O–H groups in total. The van der Waals surface area contributed by atoms with Crippen LogP contribution in [0, 0.1) is 11.3 Å². The molecule has 4 rings (SSSR count). The Hall–Kier alpha value is -3.74. The molecule has 0 radical (unpaired) electrons. The number of hydrogen-bond acceptors (Lipinski definition) is 7. The zero-order valence-electron chi connectivity index (χ0n) is 22.9. The molecule has 4 aromatic carbocycles. The van der Waals surface area contributed by atoms with Crippen molar-refractivity contribution in [3.8, 4) is 40.2 Å². The molecule has 9 heteroatoms. The van der Waals surface area contributed by atoms with Gasteiger partial charge in [0, 0.05) is 28.2 Å². The predicted molar refractivity (Wildman–Crippen MR) is 162 cm³/mol. The monoisotopic (exact) mass is 636 g/mol. The van der Waals surface area contributed by atoms with E-state index in [1.807, 2.05) is 48.5 Å². The van der Waals surface area contributed by atoms with E-state index in [0.29, 0.717) is 40.1 Å². The van der Waals surface area contributed by atoms with Crippen LogP contribution in [-0.4, -0.2) is 25.6 Å². The van der Waals surface area contributed by atoms with Crippen molar-refractivity contribution in [2.45, 2.75) is 32.9 Å². The SMILES string of the molecule is COc1ccc(-c2cccc(COc3cc(OCc4cccc(C#N)c4)c(CNC(C)O)cc3Cl)c2Br)cc1OC. The quantitative estimate of drug-likeness (QED) is 0.158. The lowest BCUT2D eigenvalue weighted by Crippen LogP contribution is -2.24. The highest BCUT2D eigenvalue weighted by Crippen LogP contribution is 2.38. The fraction of sp³-hybridized carbons (Fsp3) is 0.219. The zero-order valence-corrected chi connectivity index (χ0v) is 25.3. The summed E-state index contributed by atoms with van der Waals surface area (Å²) in [5.74, 6) is 2.31. The van der Waals surface area contributed by atoms with E-state index < -0.39 is 6.23 Å². The Labute approximate surface area is 253 Å². The maximum atomic E-state index is 9.73. The lowest BCUT2D eigenvalue weighted by Gasteiger charge is -2.18. The summed E-state index contributed by atoms with van der Waals surface area (Å²) in [5.41, 5.74) is 5.03. The highest BCUT2D eigenvalue weighted by atomic mass is 79.9. The van der Waals surface area contributed by atoms with Crippen LogP contribution in [0.1, 0.15) is 29.2 Å². The van der Waals surface area contributed by atoms with Crippen LogP contribution in [0.3, 0.4) is 0 Å². The molecule has 4 aromatic rings. The second-order valence-corrected chi connectivity index (χ2v) is 10.4. The molecule has 1 atom stereocenters. The summed E-state index contributed by atoms with van der Waals surface area (Å²) in [6.07, 6.45) is -0.708. The first-order chi connectivity index (χ1) is 19.8. The van der Waals surface area contributed by atoms with Crippen molar-refractivity contribution in [3.63, 3.8) is 0 Å². The van der Waals surface area contributed by atoms with Crippen molar-refractivity contribution in [2.75, 3.05) is 14.2 Å². The number of nitrogens with zero attached hydrogens (tertiary/aromatic N) is 1. The molecule has 0 aliphatic heterocycles. The smallest absolute Gasteiger partial charge is 0.161 e. The van der Waals surface area contributed by atoms with Crippen LogP contribution in [0.4, 0.5) is 0 Å². The van der Waals surface area contributed by atoms with E-state index in [2.05, 4.69) is 27.3 Å². The molecule has 0 aliphatic rings. The second-order valence-electron chi connectivity index (χ2n) is 9.19. The number of aliphatic hydroxyl groups is 1. The minimum atomic E-state index is -0.708. The topological polar surface area (TPSA) is 93.0 Å². The Balaban J connectivity index is 1.57. The van der Waals surface area contributed by atoms with Crippen molar-refractivity contribution in [1.29, 1.82) is 5.26 Å². The molecule has 0 heterocycles. The van der Waals surface area contributed by atoms with Gasteiger partial charge in [-0.25, -0.2) is 0 Å². The molecule has 212 valence electrons. The average molecular weight is 638 g/mol. The molecule has 0 aromatic heterocycles. The largest absolute Gasteiger partial charge is 0.493 e. The van der Waals surface area contributed by atoms with E-state index in [-0.39, 0.29) is 13.2 Å². The third kappa shape index (κ3) is 7.72. The molecule has 1 unspecified atom stereocenters. The van der Waals surface area contributed by atoms with E-state index in [4.69, 9.17) is 30.5 Å². The Kier molecular flexibility index (Phi) is 10.5. The lowest BCUT2D eigenvalue weighted by atomic mass is 10.0. The van der Waals surface area contributed by atoms with Gasteiger partial charge in [0.15, 0.2) is 11.5 Å². The number of benzene rings is 4. The van der Waals surface area contributed by atoms with Crippen LogP contribution in [-0.2, 0) is 19.8 Å². The van der Waals surface area contributed by atoms with Gasteiger partial charge in [-0.15, -0.1) is 0 Å². The third-order valence-electron chi connectivity index (χ3n) is 6.31. The molecule has 0 bridgehead atoms. The summed E-state index contributed by atoms with van der Waals surface area (Å²) in [6, 6.07) is 24.6. The summed E-state index contributed by atoms with van der Waals surface area (Å²) < 4.78 is 24.1. The summed E-state index contributed by atoms with van der Waals surface area (Å²) in [4.78, 5) is 0. The van der Waals surface area contributed by atoms with Crippen LogP contribution in [0.25, 0.3) is 11.1 Å². The maximum Gasteiger partial charge on any atom is 0.161 e. The Morgan fingerprint density at radius 3 is 2.37 bits per heavy atom. The molecule has 41 heavy (non-hydrogen) atoms. The van der Waals surface area contributed by atoms with E-state index in [9.17, 15) is 10.4 Å². The first-order valence-electron chi connectivity index (χ1n) is 12.8. The van der Waals surface area contributed by atoms with Crippen molar-refractivity contribution in [3.05, 3.63) is 105 Å². The molecular weight excluding hydrogens is 608 g/mol. The van der Waals surface area contributed by atoms with Crippen molar-refractivity contribution < 1.29 is 24.1 Å². The first-order valence-corrected chi connectivity index (χ1v) is 14.0. The standard InChI is InChI=1S/C32H30BrClN2O5/c1-20(37)36-17-25-13-27(34)30(15-29(25)40-18-22-7-4-6-21(12-22)16-35)41-19-24-8-5-9-26(32(24)33)23-10-11-28(38-2)31(14-23)39-3/h4-15,20,36-37H,17-19H2,1-3H3. The first kappa shape index (κ1) is 30.2. The Morgan fingerprint density at radius 2 is 1.63 bits per heavy atom. The van der Waals surface area contributed by atoms with Crippen LogP contribution >= 0.6 is 27.5 Å². The van der Waals surface area contributed by atoms with Crippen LogP contribution in [0.5, 0.6) is 23.0 Å². The molecule has 0 amide bonds. The number of rotatable bonds is 12. The molecule has 0 fully saturated rings.